The number of ether oxygens (including phenoxy) is 2. The minimum absolute atomic E-state index is 0.132. The van der Waals surface area contributed by atoms with Crippen molar-refractivity contribution in [3.63, 3.8) is 0 Å². The highest BCUT2D eigenvalue weighted by molar-refractivity contribution is 6.31. The normalized spacial score (nSPS) is 13.7. The lowest BCUT2D eigenvalue weighted by Gasteiger charge is -2.21. The van der Waals surface area contributed by atoms with Crippen LogP contribution in [0.1, 0.15) is 21.5 Å². The summed E-state index contributed by atoms with van der Waals surface area (Å²) in [5, 5.41) is 6.18. The monoisotopic (exact) mass is 434 g/mol. The second kappa shape index (κ2) is 8.93. The number of benzene rings is 3. The van der Waals surface area contributed by atoms with E-state index in [1.54, 1.807) is 43.5 Å². The van der Waals surface area contributed by atoms with Crippen molar-refractivity contribution >= 4 is 35.2 Å². The van der Waals surface area contributed by atoms with Crippen LogP contribution in [0.5, 0.6) is 11.5 Å². The van der Waals surface area contributed by atoms with Gasteiger partial charge in [-0.1, -0.05) is 48.0 Å². The number of nitrogens with one attached hydrogen (secondary N) is 2. The molecule has 0 atom stereocenters. The summed E-state index contributed by atoms with van der Waals surface area (Å²) in [6.07, 6.45) is 1.61. The van der Waals surface area contributed by atoms with Crippen LogP contribution in [0, 0.1) is 0 Å². The molecule has 0 radical (unpaired) electrons. The standard InChI is InChI=1S/C24H19ClN2O4/c1-30-20-9-5-3-6-15(20)13-22-24(29)27-19-12-16(10-11-21(19)31-22)23(28)26-14-17-7-2-4-8-18(17)25/h2-13H,14H2,1H3,(H,26,28)(H,27,29). The minimum Gasteiger partial charge on any atom is -0.496 e. The summed E-state index contributed by atoms with van der Waals surface area (Å²) in [5.41, 5.74) is 2.35. The number of halogens is 1. The van der Waals surface area contributed by atoms with Crippen LogP contribution in [0.4, 0.5) is 5.69 Å². The van der Waals surface area contributed by atoms with Crippen LogP contribution >= 0.6 is 11.6 Å². The van der Waals surface area contributed by atoms with Gasteiger partial charge in [-0.05, 0) is 42.0 Å². The summed E-state index contributed by atoms with van der Waals surface area (Å²) in [7, 11) is 1.56. The summed E-state index contributed by atoms with van der Waals surface area (Å²) in [5.74, 6) is 0.512. The van der Waals surface area contributed by atoms with E-state index in [0.717, 1.165) is 5.56 Å². The third-order valence-electron chi connectivity index (χ3n) is 4.76. The van der Waals surface area contributed by atoms with Gasteiger partial charge in [0.15, 0.2) is 11.5 Å². The molecule has 2 amide bonds. The summed E-state index contributed by atoms with van der Waals surface area (Å²) in [4.78, 5) is 25.1. The topological polar surface area (TPSA) is 76.7 Å². The lowest BCUT2D eigenvalue weighted by atomic mass is 10.1. The van der Waals surface area contributed by atoms with Gasteiger partial charge in [-0.25, -0.2) is 0 Å². The van der Waals surface area contributed by atoms with E-state index in [4.69, 9.17) is 21.1 Å². The van der Waals surface area contributed by atoms with Gasteiger partial charge in [0.25, 0.3) is 11.8 Å². The van der Waals surface area contributed by atoms with Gasteiger partial charge in [-0.2, -0.15) is 0 Å². The molecule has 0 unspecified atom stereocenters. The number of rotatable bonds is 5. The van der Waals surface area contributed by atoms with Crippen molar-refractivity contribution < 1.29 is 19.1 Å². The van der Waals surface area contributed by atoms with Crippen LogP contribution in [0.25, 0.3) is 6.08 Å². The van der Waals surface area contributed by atoms with Crippen molar-refractivity contribution in [2.24, 2.45) is 0 Å². The van der Waals surface area contributed by atoms with E-state index < -0.39 is 5.91 Å². The van der Waals surface area contributed by atoms with Crippen molar-refractivity contribution in [2.75, 3.05) is 12.4 Å². The molecule has 7 heteroatoms. The Morgan fingerprint density at radius 2 is 1.90 bits per heavy atom. The molecule has 0 bridgehead atoms. The van der Waals surface area contributed by atoms with Gasteiger partial charge in [0, 0.05) is 22.7 Å². The molecule has 0 aromatic heterocycles. The Labute approximate surface area is 184 Å². The average molecular weight is 435 g/mol. The molecule has 3 aromatic rings. The fraction of sp³-hybridized carbons (Fsp3) is 0.0833. The van der Waals surface area contributed by atoms with Crippen LogP contribution in [-0.4, -0.2) is 18.9 Å². The van der Waals surface area contributed by atoms with Crippen molar-refractivity contribution in [3.05, 3.63) is 94.2 Å². The third kappa shape index (κ3) is 4.54. The number of hydrogen-bond donors (Lipinski definition) is 2. The van der Waals surface area contributed by atoms with Crippen molar-refractivity contribution in [1.29, 1.82) is 0 Å². The lowest BCUT2D eigenvalue weighted by Crippen LogP contribution is -2.26. The molecule has 6 nitrogen and oxygen atoms in total. The first kappa shape index (κ1) is 20.5. The number of hydrogen-bond acceptors (Lipinski definition) is 4. The quantitative estimate of drug-likeness (QED) is 0.573. The van der Waals surface area contributed by atoms with E-state index in [1.807, 2.05) is 36.4 Å². The number of para-hydroxylation sites is 1. The zero-order chi connectivity index (χ0) is 21.8. The van der Waals surface area contributed by atoms with Gasteiger partial charge in [0.05, 0.1) is 12.8 Å². The first-order chi connectivity index (χ1) is 15.0. The van der Waals surface area contributed by atoms with Crippen LogP contribution in [0.3, 0.4) is 0 Å². The molecule has 1 aliphatic heterocycles. The van der Waals surface area contributed by atoms with Gasteiger partial charge >= 0.3 is 0 Å². The smallest absolute Gasteiger partial charge is 0.291 e. The molecule has 0 saturated heterocycles. The first-order valence-corrected chi connectivity index (χ1v) is 9.92. The fourth-order valence-electron chi connectivity index (χ4n) is 3.15. The van der Waals surface area contributed by atoms with Crippen LogP contribution in [0.2, 0.25) is 5.02 Å². The van der Waals surface area contributed by atoms with E-state index >= 15 is 0 Å². The Bertz CT molecular complexity index is 1190. The molecule has 0 spiro atoms. The number of anilines is 1. The second-order valence-corrected chi connectivity index (χ2v) is 7.20. The predicted molar refractivity (Wildman–Crippen MR) is 119 cm³/mol. The highest BCUT2D eigenvalue weighted by atomic mass is 35.5. The van der Waals surface area contributed by atoms with Crippen LogP contribution in [0.15, 0.2) is 72.5 Å². The van der Waals surface area contributed by atoms with E-state index in [2.05, 4.69) is 10.6 Å². The van der Waals surface area contributed by atoms with Gasteiger partial charge in [-0.3, -0.25) is 9.59 Å². The maximum absolute atomic E-state index is 12.5. The number of carbonyl (C=O) groups is 2. The van der Waals surface area contributed by atoms with Gasteiger partial charge in [-0.15, -0.1) is 0 Å². The van der Waals surface area contributed by atoms with E-state index in [-0.39, 0.29) is 11.7 Å². The maximum Gasteiger partial charge on any atom is 0.291 e. The number of fused-ring (bicyclic) bond motifs is 1. The van der Waals surface area contributed by atoms with Crippen molar-refractivity contribution in [3.8, 4) is 11.5 Å². The van der Waals surface area contributed by atoms with Gasteiger partial charge in [0.2, 0.25) is 0 Å². The van der Waals surface area contributed by atoms with Crippen LogP contribution < -0.4 is 20.1 Å². The number of methoxy groups -OCH3 is 1. The number of amides is 2. The molecular weight excluding hydrogens is 416 g/mol. The molecule has 0 saturated carbocycles. The minimum atomic E-state index is -0.410. The summed E-state index contributed by atoms with van der Waals surface area (Å²) < 4.78 is 11.1. The van der Waals surface area contributed by atoms with Crippen molar-refractivity contribution in [2.45, 2.75) is 6.54 Å². The molecule has 31 heavy (non-hydrogen) atoms. The highest BCUT2D eigenvalue weighted by Crippen LogP contribution is 2.33. The molecule has 1 heterocycles. The number of carbonyl (C=O) groups excluding carboxylic acids is 2. The Morgan fingerprint density at radius 3 is 2.71 bits per heavy atom. The lowest BCUT2D eigenvalue weighted by molar-refractivity contribution is -0.115. The average Bonchev–Trinajstić information content (AvgIpc) is 2.79. The molecule has 3 aromatic carbocycles. The summed E-state index contributed by atoms with van der Waals surface area (Å²) in [6, 6.07) is 19.5. The summed E-state index contributed by atoms with van der Waals surface area (Å²) >= 11 is 6.13. The molecule has 4 rings (SSSR count). The molecular formula is C24H19ClN2O4. The zero-order valence-electron chi connectivity index (χ0n) is 16.6. The zero-order valence-corrected chi connectivity index (χ0v) is 17.4. The van der Waals surface area contributed by atoms with Crippen molar-refractivity contribution in [1.82, 2.24) is 5.32 Å². The SMILES string of the molecule is COc1ccccc1C=C1Oc2ccc(C(=O)NCc3ccccc3Cl)cc2NC1=O. The summed E-state index contributed by atoms with van der Waals surface area (Å²) in [6.45, 7) is 0.296. The van der Waals surface area contributed by atoms with E-state index in [0.29, 0.717) is 39.9 Å². The fourth-order valence-corrected chi connectivity index (χ4v) is 3.35. The highest BCUT2D eigenvalue weighted by Gasteiger charge is 2.23. The van der Waals surface area contributed by atoms with Crippen LogP contribution in [-0.2, 0) is 11.3 Å². The van der Waals surface area contributed by atoms with Gasteiger partial charge in [0.1, 0.15) is 5.75 Å². The second-order valence-electron chi connectivity index (χ2n) is 6.79. The molecule has 2 N–H and O–H groups in total. The molecule has 1 aliphatic rings. The van der Waals surface area contributed by atoms with E-state index in [1.165, 1.54) is 0 Å². The first-order valence-electron chi connectivity index (χ1n) is 9.55. The molecule has 0 aliphatic carbocycles. The maximum atomic E-state index is 12.5. The Balaban J connectivity index is 1.51. The molecule has 0 fully saturated rings. The van der Waals surface area contributed by atoms with E-state index in [9.17, 15) is 9.59 Å². The predicted octanol–water partition coefficient (Wildman–Crippen LogP) is 4.65. The Hall–Kier alpha value is -3.77. The largest absolute Gasteiger partial charge is 0.496 e. The Kier molecular flexibility index (Phi) is 5.91. The molecule has 156 valence electrons. The Morgan fingerprint density at radius 1 is 1.13 bits per heavy atom. The third-order valence-corrected chi connectivity index (χ3v) is 5.13. The van der Waals surface area contributed by atoms with Gasteiger partial charge < -0.3 is 20.1 Å².